The second-order valence-electron chi connectivity index (χ2n) is 5.39. The molecule has 4 nitrogen and oxygen atoms in total. The summed E-state index contributed by atoms with van der Waals surface area (Å²) in [6, 6.07) is 12.5. The molecule has 2 aromatic carbocycles. The van der Waals surface area contributed by atoms with Crippen LogP contribution in [-0.4, -0.2) is 20.0 Å². The zero-order valence-electron chi connectivity index (χ0n) is 12.6. The molecule has 1 heterocycles. The second-order valence-corrected chi connectivity index (χ2v) is 7.49. The Balaban J connectivity index is 1.66. The number of benzene rings is 2. The van der Waals surface area contributed by atoms with Crippen LogP contribution in [0.15, 0.2) is 58.5 Å². The number of H-pyrrole nitrogens is 1. The van der Waals surface area contributed by atoms with Gasteiger partial charge in [-0.2, -0.15) is 8.42 Å². The number of rotatable bonds is 5. The fourth-order valence-electron chi connectivity index (χ4n) is 2.36. The first-order valence-electron chi connectivity index (χ1n) is 7.21. The van der Waals surface area contributed by atoms with Crippen molar-refractivity contribution in [1.29, 1.82) is 0 Å². The molecule has 23 heavy (non-hydrogen) atoms. The molecule has 3 aromatic rings. The van der Waals surface area contributed by atoms with Gasteiger partial charge >= 0.3 is 0 Å². The smallest absolute Gasteiger partial charge is 0.296 e. The van der Waals surface area contributed by atoms with E-state index < -0.39 is 10.1 Å². The lowest BCUT2D eigenvalue weighted by Crippen LogP contribution is -2.09. The van der Waals surface area contributed by atoms with Crippen LogP contribution in [0.5, 0.6) is 0 Å². The van der Waals surface area contributed by atoms with E-state index in [4.69, 9.17) is 4.18 Å². The maximum atomic E-state index is 12.1. The third-order valence-corrected chi connectivity index (χ3v) is 5.36. The Morgan fingerprint density at radius 3 is 2.61 bits per heavy atom. The largest absolute Gasteiger partial charge is 0.360 e. The van der Waals surface area contributed by atoms with Crippen LogP contribution in [0.4, 0.5) is 0 Å². The highest BCUT2D eigenvalue weighted by Gasteiger charge is 2.14. The van der Waals surface area contributed by atoms with Crippen LogP contribution in [0.2, 0.25) is 0 Å². The van der Waals surface area contributed by atoms with E-state index in [0.29, 0.717) is 6.42 Å². The molecule has 120 valence electrons. The molecule has 1 aromatic heterocycles. The molecular formula is C17H17NO3S2. The number of hydrogen-bond acceptors (Lipinski definition) is 4. The number of aromatic nitrogens is 1. The van der Waals surface area contributed by atoms with Crippen LogP contribution in [0.25, 0.3) is 10.9 Å². The monoisotopic (exact) mass is 347 g/mol. The summed E-state index contributed by atoms with van der Waals surface area (Å²) in [5.41, 5.74) is 2.99. The summed E-state index contributed by atoms with van der Waals surface area (Å²) in [4.78, 5) is 4.21. The zero-order valence-corrected chi connectivity index (χ0v) is 14.3. The highest BCUT2D eigenvalue weighted by molar-refractivity contribution is 7.86. The van der Waals surface area contributed by atoms with Gasteiger partial charge in [0.05, 0.1) is 11.5 Å². The first kappa shape index (κ1) is 16.1. The first-order valence-corrected chi connectivity index (χ1v) is 9.06. The summed E-state index contributed by atoms with van der Waals surface area (Å²) in [7, 11) is -3.71. The average Bonchev–Trinajstić information content (AvgIpc) is 2.88. The lowest BCUT2D eigenvalue weighted by Gasteiger charge is -2.06. The molecule has 0 aliphatic heterocycles. The van der Waals surface area contributed by atoms with Crippen molar-refractivity contribution in [2.45, 2.75) is 23.1 Å². The summed E-state index contributed by atoms with van der Waals surface area (Å²) in [6.45, 7) is 2.01. The molecule has 0 fully saturated rings. The normalized spacial score (nSPS) is 11.9. The molecular weight excluding hydrogens is 330 g/mol. The van der Waals surface area contributed by atoms with Crippen LogP contribution in [0.1, 0.15) is 11.1 Å². The Morgan fingerprint density at radius 1 is 1.13 bits per heavy atom. The molecule has 3 rings (SSSR count). The van der Waals surface area contributed by atoms with Gasteiger partial charge in [-0.3, -0.25) is 4.18 Å². The van der Waals surface area contributed by atoms with Crippen molar-refractivity contribution in [3.8, 4) is 0 Å². The van der Waals surface area contributed by atoms with Crippen LogP contribution in [0.3, 0.4) is 0 Å². The average molecular weight is 347 g/mol. The third-order valence-electron chi connectivity index (χ3n) is 3.66. The van der Waals surface area contributed by atoms with E-state index in [9.17, 15) is 8.42 Å². The molecule has 0 radical (unpaired) electrons. The van der Waals surface area contributed by atoms with Crippen molar-refractivity contribution < 1.29 is 12.6 Å². The molecule has 0 atom stereocenters. The van der Waals surface area contributed by atoms with Gasteiger partial charge in [0.25, 0.3) is 10.1 Å². The standard InChI is InChI=1S/C17H17NO3S2/c1-12-2-5-14(6-3-12)23(19,20)21-9-8-13-4-7-15-16(10-13)18-11-17(15)22/h2-7,10-11,18,22H,8-9H2,1H3. The zero-order chi connectivity index (χ0) is 16.4. The van der Waals surface area contributed by atoms with Gasteiger partial charge in [-0.15, -0.1) is 12.6 Å². The third kappa shape index (κ3) is 3.60. The molecule has 0 saturated carbocycles. The maximum Gasteiger partial charge on any atom is 0.296 e. The van der Waals surface area contributed by atoms with Crippen molar-refractivity contribution in [3.05, 3.63) is 59.8 Å². The predicted molar refractivity (Wildman–Crippen MR) is 93.6 cm³/mol. The Hall–Kier alpha value is -1.76. The van der Waals surface area contributed by atoms with Gasteiger partial charge in [-0.1, -0.05) is 29.8 Å². The Labute approximate surface area is 141 Å². The topological polar surface area (TPSA) is 59.2 Å². The number of aromatic amines is 1. The van der Waals surface area contributed by atoms with Crippen molar-refractivity contribution >= 4 is 33.6 Å². The molecule has 0 amide bonds. The highest BCUT2D eigenvalue weighted by Crippen LogP contribution is 2.22. The van der Waals surface area contributed by atoms with Gasteiger partial charge in [-0.25, -0.2) is 0 Å². The van der Waals surface area contributed by atoms with Crippen molar-refractivity contribution in [2.24, 2.45) is 0 Å². The Kier molecular flexibility index (Phi) is 4.48. The molecule has 0 aliphatic carbocycles. The van der Waals surface area contributed by atoms with Crippen molar-refractivity contribution in [2.75, 3.05) is 6.61 Å². The van der Waals surface area contributed by atoms with Crippen LogP contribution < -0.4 is 0 Å². The SMILES string of the molecule is Cc1ccc(S(=O)(=O)OCCc2ccc3c(S)c[nH]c3c2)cc1. The second kappa shape index (κ2) is 6.39. The molecule has 0 aliphatic rings. The van der Waals surface area contributed by atoms with Crippen molar-refractivity contribution in [1.82, 2.24) is 4.98 Å². The van der Waals surface area contributed by atoms with Gasteiger partial charge in [0.1, 0.15) is 0 Å². The summed E-state index contributed by atoms with van der Waals surface area (Å²) in [6.07, 6.45) is 2.35. The van der Waals surface area contributed by atoms with E-state index in [2.05, 4.69) is 17.6 Å². The van der Waals surface area contributed by atoms with E-state index in [1.807, 2.05) is 31.3 Å². The summed E-state index contributed by atoms with van der Waals surface area (Å²) in [5, 5.41) is 1.05. The molecule has 0 unspecified atom stereocenters. The minimum atomic E-state index is -3.71. The summed E-state index contributed by atoms with van der Waals surface area (Å²) in [5.74, 6) is 0. The summed E-state index contributed by atoms with van der Waals surface area (Å²) >= 11 is 4.36. The van der Waals surface area contributed by atoms with Gasteiger partial charge < -0.3 is 4.98 Å². The number of aryl methyl sites for hydroxylation is 1. The van der Waals surface area contributed by atoms with Gasteiger partial charge in [0, 0.05) is 22.0 Å². The fourth-order valence-corrected chi connectivity index (χ4v) is 3.52. The van der Waals surface area contributed by atoms with Crippen LogP contribution >= 0.6 is 12.6 Å². The number of thiol groups is 1. The summed E-state index contributed by atoms with van der Waals surface area (Å²) < 4.78 is 29.3. The highest BCUT2D eigenvalue weighted by atomic mass is 32.2. The quantitative estimate of drug-likeness (QED) is 0.546. The number of fused-ring (bicyclic) bond motifs is 1. The van der Waals surface area contributed by atoms with E-state index in [1.165, 1.54) is 0 Å². The van der Waals surface area contributed by atoms with Gasteiger partial charge in [0.2, 0.25) is 0 Å². The van der Waals surface area contributed by atoms with E-state index >= 15 is 0 Å². The lowest BCUT2D eigenvalue weighted by atomic mass is 10.1. The predicted octanol–water partition coefficient (Wildman–Crippen LogP) is 3.71. The molecule has 0 spiro atoms. The Bertz CT molecular complexity index is 928. The minimum Gasteiger partial charge on any atom is -0.360 e. The van der Waals surface area contributed by atoms with E-state index in [1.54, 1.807) is 24.3 Å². The number of nitrogens with one attached hydrogen (secondary N) is 1. The van der Waals surface area contributed by atoms with E-state index in [0.717, 1.165) is 26.9 Å². The number of hydrogen-bond donors (Lipinski definition) is 2. The molecule has 0 bridgehead atoms. The van der Waals surface area contributed by atoms with Crippen LogP contribution in [-0.2, 0) is 20.7 Å². The molecule has 6 heteroatoms. The van der Waals surface area contributed by atoms with Gasteiger partial charge in [-0.05, 0) is 37.1 Å². The fraction of sp³-hybridized carbons (Fsp3) is 0.176. The van der Waals surface area contributed by atoms with Crippen molar-refractivity contribution in [3.63, 3.8) is 0 Å². The Morgan fingerprint density at radius 2 is 1.87 bits per heavy atom. The molecule has 0 saturated heterocycles. The molecule has 1 N–H and O–H groups in total. The maximum absolute atomic E-state index is 12.1. The lowest BCUT2D eigenvalue weighted by molar-refractivity contribution is 0.322. The van der Waals surface area contributed by atoms with E-state index in [-0.39, 0.29) is 11.5 Å². The van der Waals surface area contributed by atoms with Crippen LogP contribution in [0, 0.1) is 6.92 Å². The minimum absolute atomic E-state index is 0.107. The van der Waals surface area contributed by atoms with Gasteiger partial charge in [0.15, 0.2) is 0 Å². The first-order chi connectivity index (χ1) is 11.0.